The fourth-order valence-electron chi connectivity index (χ4n) is 4.04. The molecule has 1 aromatic rings. The summed E-state index contributed by atoms with van der Waals surface area (Å²) in [6, 6.07) is 8.89. The molecule has 1 aliphatic rings. The second kappa shape index (κ2) is 9.96. The zero-order valence-electron chi connectivity index (χ0n) is 16.1. The van der Waals surface area contributed by atoms with E-state index in [1.807, 2.05) is 0 Å². The molecule has 2 atom stereocenters. The van der Waals surface area contributed by atoms with Crippen molar-refractivity contribution in [1.29, 1.82) is 0 Å². The van der Waals surface area contributed by atoms with Crippen molar-refractivity contribution in [2.75, 3.05) is 7.11 Å². The van der Waals surface area contributed by atoms with E-state index in [-0.39, 0.29) is 5.97 Å². The van der Waals surface area contributed by atoms with Crippen molar-refractivity contribution < 1.29 is 9.53 Å². The average Bonchev–Trinajstić information content (AvgIpc) is 3.04. The van der Waals surface area contributed by atoms with Gasteiger partial charge < -0.3 is 10.5 Å². The van der Waals surface area contributed by atoms with E-state index in [0.717, 1.165) is 12.8 Å². The summed E-state index contributed by atoms with van der Waals surface area (Å²) < 4.78 is 4.88. The van der Waals surface area contributed by atoms with Crippen molar-refractivity contribution >= 4 is 5.97 Å². The van der Waals surface area contributed by atoms with Gasteiger partial charge in [-0.25, -0.2) is 0 Å². The minimum atomic E-state index is -0.798. The molecule has 2 N–H and O–H groups in total. The van der Waals surface area contributed by atoms with Crippen LogP contribution in [0.3, 0.4) is 0 Å². The molecule has 3 nitrogen and oxygen atoms in total. The van der Waals surface area contributed by atoms with Gasteiger partial charge in [0, 0.05) is 0 Å². The third-order valence-corrected chi connectivity index (χ3v) is 5.63. The molecule has 0 saturated heterocycles. The number of ether oxygens (including phenoxy) is 1. The highest BCUT2D eigenvalue weighted by Crippen LogP contribution is 2.40. The molecule has 0 aliphatic heterocycles. The Morgan fingerprint density at radius 2 is 1.92 bits per heavy atom. The predicted molar refractivity (Wildman–Crippen MR) is 104 cm³/mol. The van der Waals surface area contributed by atoms with E-state index < -0.39 is 5.54 Å². The van der Waals surface area contributed by atoms with Crippen molar-refractivity contribution in [2.45, 2.75) is 89.0 Å². The lowest BCUT2D eigenvalue weighted by atomic mass is 9.91. The fraction of sp³-hybridized carbons (Fsp3) is 0.682. The Balaban J connectivity index is 1.80. The van der Waals surface area contributed by atoms with Gasteiger partial charge in [0.05, 0.1) is 7.11 Å². The highest BCUT2D eigenvalue weighted by atomic mass is 16.5. The summed E-state index contributed by atoms with van der Waals surface area (Å²) in [6.07, 6.45) is 12.9. The van der Waals surface area contributed by atoms with Crippen molar-refractivity contribution in [3.05, 3.63) is 35.4 Å². The summed E-state index contributed by atoms with van der Waals surface area (Å²) in [6.45, 7) is 2.26. The largest absolute Gasteiger partial charge is 0.468 e. The first kappa shape index (κ1) is 20.0. The zero-order chi connectivity index (χ0) is 18.1. The maximum atomic E-state index is 11.9. The predicted octanol–water partition coefficient (Wildman–Crippen LogP) is 5.12. The van der Waals surface area contributed by atoms with Gasteiger partial charge in [0.2, 0.25) is 0 Å². The van der Waals surface area contributed by atoms with Crippen molar-refractivity contribution in [3.8, 4) is 0 Å². The first-order valence-electron chi connectivity index (χ1n) is 10.0. The molecular formula is C22H35NO2. The smallest absolute Gasteiger partial charge is 0.325 e. The molecule has 0 spiro atoms. The number of esters is 1. The molecule has 2 rings (SSSR count). The summed E-state index contributed by atoms with van der Waals surface area (Å²) in [7, 11) is 1.42. The number of carbonyl (C=O) groups is 1. The highest BCUT2D eigenvalue weighted by Gasteiger charge is 2.43. The van der Waals surface area contributed by atoms with Crippen LogP contribution in [-0.4, -0.2) is 18.6 Å². The second-order valence-electron chi connectivity index (χ2n) is 7.70. The molecule has 0 heterocycles. The van der Waals surface area contributed by atoms with Crippen molar-refractivity contribution in [3.63, 3.8) is 0 Å². The number of methoxy groups -OCH3 is 1. The first-order valence-corrected chi connectivity index (χ1v) is 10.0. The molecule has 1 fully saturated rings. The Bertz CT molecular complexity index is 543. The lowest BCUT2D eigenvalue weighted by molar-refractivity contribution is -0.146. The summed E-state index contributed by atoms with van der Waals surface area (Å²) in [5.74, 6) is 0.104. The van der Waals surface area contributed by atoms with Gasteiger partial charge in [-0.1, -0.05) is 69.7 Å². The maximum absolute atomic E-state index is 11.9. The minimum Gasteiger partial charge on any atom is -0.468 e. The van der Waals surface area contributed by atoms with Gasteiger partial charge in [0.25, 0.3) is 0 Å². The first-order chi connectivity index (χ1) is 12.1. The van der Waals surface area contributed by atoms with E-state index >= 15 is 0 Å². The third kappa shape index (κ3) is 5.85. The van der Waals surface area contributed by atoms with Crippen LogP contribution >= 0.6 is 0 Å². The molecule has 1 saturated carbocycles. The SMILES string of the molecule is CCCCCCCCCc1cccc([C@H]2CCC(N)(C(=O)OC)C2)c1. The molecule has 140 valence electrons. The Hall–Kier alpha value is -1.35. The Morgan fingerprint density at radius 3 is 2.64 bits per heavy atom. The van der Waals surface area contributed by atoms with Gasteiger partial charge in [-0.2, -0.15) is 0 Å². The normalized spacial score (nSPS) is 22.9. The third-order valence-electron chi connectivity index (χ3n) is 5.63. The Morgan fingerprint density at radius 1 is 1.20 bits per heavy atom. The quantitative estimate of drug-likeness (QED) is 0.473. The van der Waals surface area contributed by atoms with Gasteiger partial charge in [-0.3, -0.25) is 4.79 Å². The Kier molecular flexibility index (Phi) is 7.95. The number of aryl methyl sites for hydroxylation is 1. The van der Waals surface area contributed by atoms with Crippen LogP contribution in [0.2, 0.25) is 0 Å². The van der Waals surface area contributed by atoms with Crippen LogP contribution in [-0.2, 0) is 16.0 Å². The lowest BCUT2D eigenvalue weighted by Gasteiger charge is -2.21. The topological polar surface area (TPSA) is 52.3 Å². The van der Waals surface area contributed by atoms with Gasteiger partial charge in [0.1, 0.15) is 5.54 Å². The monoisotopic (exact) mass is 345 g/mol. The molecule has 25 heavy (non-hydrogen) atoms. The molecule has 1 aliphatic carbocycles. The van der Waals surface area contributed by atoms with Gasteiger partial charge >= 0.3 is 5.97 Å². The minimum absolute atomic E-state index is 0.269. The summed E-state index contributed by atoms with van der Waals surface area (Å²) >= 11 is 0. The van der Waals surface area contributed by atoms with Crippen LogP contribution in [0.5, 0.6) is 0 Å². The van der Waals surface area contributed by atoms with Crippen LogP contribution < -0.4 is 5.73 Å². The number of hydrogen-bond donors (Lipinski definition) is 1. The number of rotatable bonds is 10. The van der Waals surface area contributed by atoms with Crippen molar-refractivity contribution in [1.82, 2.24) is 0 Å². The maximum Gasteiger partial charge on any atom is 0.325 e. The van der Waals surface area contributed by atoms with E-state index in [1.54, 1.807) is 0 Å². The number of benzene rings is 1. The van der Waals surface area contributed by atoms with Crippen LogP contribution in [0.25, 0.3) is 0 Å². The number of hydrogen-bond acceptors (Lipinski definition) is 3. The number of carbonyl (C=O) groups excluding carboxylic acids is 1. The molecule has 0 amide bonds. The molecule has 0 bridgehead atoms. The van der Waals surface area contributed by atoms with Gasteiger partial charge in [-0.15, -0.1) is 0 Å². The van der Waals surface area contributed by atoms with Gasteiger partial charge in [0.15, 0.2) is 0 Å². The van der Waals surface area contributed by atoms with Crippen molar-refractivity contribution in [2.24, 2.45) is 5.73 Å². The van der Waals surface area contributed by atoms with E-state index in [1.165, 1.54) is 63.2 Å². The zero-order valence-corrected chi connectivity index (χ0v) is 16.1. The van der Waals surface area contributed by atoms with Gasteiger partial charge in [-0.05, 0) is 49.1 Å². The van der Waals surface area contributed by atoms with E-state index in [4.69, 9.17) is 10.5 Å². The Labute approximate surface area is 153 Å². The summed E-state index contributed by atoms with van der Waals surface area (Å²) in [5, 5.41) is 0. The molecule has 3 heteroatoms. The standard InChI is InChI=1S/C22H35NO2/c1-3-4-5-6-7-8-9-11-18-12-10-13-19(16-18)20-14-15-22(23,17-20)21(24)25-2/h10,12-13,16,20H,3-9,11,14-15,17,23H2,1-2H3/t20-,22?/m0/s1. The molecule has 1 unspecified atom stereocenters. The number of nitrogens with two attached hydrogens (primary N) is 1. The fourth-order valence-corrected chi connectivity index (χ4v) is 4.04. The molecule has 1 aromatic carbocycles. The molecule has 0 radical (unpaired) electrons. The lowest BCUT2D eigenvalue weighted by Crippen LogP contribution is -2.46. The van der Waals surface area contributed by atoms with Crippen LogP contribution in [0.15, 0.2) is 24.3 Å². The summed E-state index contributed by atoms with van der Waals surface area (Å²) in [5.41, 5.74) is 8.20. The van der Waals surface area contributed by atoms with Crippen LogP contribution in [0.4, 0.5) is 0 Å². The van der Waals surface area contributed by atoms with E-state index in [2.05, 4.69) is 31.2 Å². The second-order valence-corrected chi connectivity index (χ2v) is 7.70. The van der Waals surface area contributed by atoms with E-state index in [0.29, 0.717) is 18.8 Å². The van der Waals surface area contributed by atoms with Crippen LogP contribution in [0, 0.1) is 0 Å². The average molecular weight is 346 g/mol. The highest BCUT2D eigenvalue weighted by molar-refractivity contribution is 5.81. The number of unbranched alkanes of at least 4 members (excludes halogenated alkanes) is 6. The molecular weight excluding hydrogens is 310 g/mol. The van der Waals surface area contributed by atoms with Crippen LogP contribution in [0.1, 0.15) is 88.2 Å². The summed E-state index contributed by atoms with van der Waals surface area (Å²) in [4.78, 5) is 11.9. The van der Waals surface area contributed by atoms with E-state index in [9.17, 15) is 4.79 Å². The molecule has 0 aromatic heterocycles.